The van der Waals surface area contributed by atoms with Crippen LogP contribution in [0.5, 0.6) is 0 Å². The average molecular weight is 364 g/mol. The summed E-state index contributed by atoms with van der Waals surface area (Å²) < 4.78 is 73.6. The van der Waals surface area contributed by atoms with Crippen molar-refractivity contribution >= 4 is 0 Å². The van der Waals surface area contributed by atoms with Crippen LogP contribution in [0.2, 0.25) is 0 Å². The largest absolute Gasteiger partial charge is 0.485 e. The fraction of sp³-hybridized carbons (Fsp3) is 0.200. The summed E-state index contributed by atoms with van der Waals surface area (Å²) in [5.41, 5.74) is 0.0536. The summed E-state index contributed by atoms with van der Waals surface area (Å²) >= 11 is 0. The van der Waals surface area contributed by atoms with E-state index in [1.807, 2.05) is 6.92 Å². The molecular weight excluding hydrogens is 351 g/mol. The number of rotatable bonds is 1. The Bertz CT molecular complexity index is 906. The van der Waals surface area contributed by atoms with Crippen molar-refractivity contribution in [1.29, 1.82) is 0 Å². The molecule has 1 aliphatic heterocycles. The minimum atomic E-state index is -1.70. The van der Waals surface area contributed by atoms with E-state index in [-0.39, 0.29) is 11.7 Å². The van der Waals surface area contributed by atoms with Crippen molar-refractivity contribution in [2.75, 3.05) is 0 Å². The third kappa shape index (κ3) is 3.72. The van der Waals surface area contributed by atoms with Crippen molar-refractivity contribution in [3.63, 3.8) is 0 Å². The van der Waals surface area contributed by atoms with Gasteiger partial charge >= 0.3 is 0 Å². The molecule has 0 saturated heterocycles. The first kappa shape index (κ1) is 18.0. The number of allylic oxidation sites excluding steroid dienone is 1. The van der Waals surface area contributed by atoms with Crippen LogP contribution >= 0.6 is 0 Å². The molecule has 0 N–H and O–H groups in total. The zero-order chi connectivity index (χ0) is 18.8. The van der Waals surface area contributed by atoms with Gasteiger partial charge in [-0.1, -0.05) is 11.8 Å². The Morgan fingerprint density at radius 3 is 2.08 bits per heavy atom. The Morgan fingerprint density at radius 1 is 0.923 bits per heavy atom. The van der Waals surface area contributed by atoms with Crippen molar-refractivity contribution in [2.24, 2.45) is 0 Å². The second kappa shape index (κ2) is 7.20. The topological polar surface area (TPSA) is 9.23 Å². The molecule has 1 atom stereocenters. The quantitative estimate of drug-likeness (QED) is 0.370. The molecule has 0 amide bonds. The zero-order valence-corrected chi connectivity index (χ0v) is 13.7. The molecule has 1 nitrogen and oxygen atoms in total. The number of halogens is 5. The maximum Gasteiger partial charge on any atom is 0.194 e. The van der Waals surface area contributed by atoms with E-state index in [1.165, 1.54) is 0 Å². The molecule has 1 unspecified atom stereocenters. The van der Waals surface area contributed by atoms with Gasteiger partial charge in [-0.2, -0.15) is 0 Å². The lowest BCUT2D eigenvalue weighted by atomic mass is 10.0. The highest BCUT2D eigenvalue weighted by molar-refractivity contribution is 5.66. The summed E-state index contributed by atoms with van der Waals surface area (Å²) in [7, 11) is 0. The third-order valence-electron chi connectivity index (χ3n) is 3.93. The van der Waals surface area contributed by atoms with E-state index in [1.54, 1.807) is 6.26 Å². The van der Waals surface area contributed by atoms with Gasteiger partial charge in [0.25, 0.3) is 0 Å². The summed E-state index contributed by atoms with van der Waals surface area (Å²) in [5, 5.41) is 0. The Kier molecular flexibility index (Phi) is 4.99. The smallest absolute Gasteiger partial charge is 0.194 e. The summed E-state index contributed by atoms with van der Waals surface area (Å²) in [5.74, 6) is -1.46. The molecule has 0 fully saturated rings. The highest BCUT2D eigenvalue weighted by Gasteiger charge is 2.18. The van der Waals surface area contributed by atoms with Crippen molar-refractivity contribution in [2.45, 2.75) is 25.9 Å². The predicted octanol–water partition coefficient (Wildman–Crippen LogP) is 5.48. The fourth-order valence-corrected chi connectivity index (χ4v) is 2.57. The Hall–Kier alpha value is -2.81. The molecule has 0 aromatic heterocycles. The molecule has 0 aliphatic carbocycles. The molecule has 0 radical (unpaired) electrons. The van der Waals surface area contributed by atoms with Gasteiger partial charge in [0.15, 0.2) is 23.6 Å². The molecule has 6 heteroatoms. The van der Waals surface area contributed by atoms with Gasteiger partial charge in [-0.25, -0.2) is 22.0 Å². The maximum atomic E-state index is 14.3. The minimum absolute atomic E-state index is 0.0571. The van der Waals surface area contributed by atoms with E-state index < -0.39 is 40.2 Å². The first-order chi connectivity index (χ1) is 12.3. The second-order valence-electron chi connectivity index (χ2n) is 5.97. The van der Waals surface area contributed by atoms with Gasteiger partial charge in [-0.05, 0) is 55.2 Å². The fourth-order valence-electron chi connectivity index (χ4n) is 2.57. The molecule has 1 aliphatic rings. The summed E-state index contributed by atoms with van der Waals surface area (Å²) in [6.07, 6.45) is 2.73. The van der Waals surface area contributed by atoms with Crippen molar-refractivity contribution in [1.82, 2.24) is 0 Å². The van der Waals surface area contributed by atoms with Crippen LogP contribution in [-0.4, -0.2) is 6.10 Å². The van der Waals surface area contributed by atoms with E-state index in [0.29, 0.717) is 18.6 Å². The lowest BCUT2D eigenvalue weighted by molar-refractivity contribution is 0.168. The average Bonchev–Trinajstić information content (AvgIpc) is 2.58. The second-order valence-corrected chi connectivity index (χ2v) is 5.97. The Morgan fingerprint density at radius 2 is 1.54 bits per heavy atom. The number of hydrogen-bond donors (Lipinski definition) is 0. The predicted molar refractivity (Wildman–Crippen MR) is 86.4 cm³/mol. The number of ether oxygens (including phenoxy) is 1. The normalized spacial score (nSPS) is 16.4. The molecule has 0 bridgehead atoms. The molecule has 0 saturated carbocycles. The number of hydrogen-bond acceptors (Lipinski definition) is 1. The van der Waals surface area contributed by atoms with E-state index >= 15 is 0 Å². The van der Waals surface area contributed by atoms with Crippen molar-refractivity contribution in [3.8, 4) is 23.0 Å². The SMILES string of the molecule is CC1=COC(C#Cc2cc(F)c(-c3cc(F)c(F)c(F)c3)c(F)c2)CC1. The summed E-state index contributed by atoms with van der Waals surface area (Å²) in [6.45, 7) is 1.92. The van der Waals surface area contributed by atoms with Crippen LogP contribution in [0.25, 0.3) is 11.1 Å². The molecule has 1 heterocycles. The molecule has 3 rings (SSSR count). The molecule has 2 aromatic carbocycles. The van der Waals surface area contributed by atoms with Crippen molar-refractivity contribution in [3.05, 3.63) is 70.8 Å². The zero-order valence-electron chi connectivity index (χ0n) is 13.7. The van der Waals surface area contributed by atoms with Gasteiger partial charge in [0.1, 0.15) is 11.6 Å². The molecule has 2 aromatic rings. The first-order valence-corrected chi connectivity index (χ1v) is 7.81. The van der Waals surface area contributed by atoms with Gasteiger partial charge in [-0.15, -0.1) is 0 Å². The Labute approximate surface area is 147 Å². The van der Waals surface area contributed by atoms with Crippen LogP contribution in [0.1, 0.15) is 25.3 Å². The molecule has 0 spiro atoms. The lowest BCUT2D eigenvalue weighted by Gasteiger charge is -2.16. The van der Waals surface area contributed by atoms with Crippen LogP contribution in [-0.2, 0) is 4.74 Å². The number of benzene rings is 2. The van der Waals surface area contributed by atoms with E-state index in [0.717, 1.165) is 24.1 Å². The molecular formula is C20H13F5O. The van der Waals surface area contributed by atoms with Crippen LogP contribution in [0.15, 0.2) is 36.1 Å². The highest BCUT2D eigenvalue weighted by Crippen LogP contribution is 2.29. The van der Waals surface area contributed by atoms with Crippen LogP contribution in [0, 0.1) is 40.9 Å². The highest BCUT2D eigenvalue weighted by atomic mass is 19.2. The van der Waals surface area contributed by atoms with Gasteiger partial charge in [-0.3, -0.25) is 0 Å². The van der Waals surface area contributed by atoms with Gasteiger partial charge in [0, 0.05) is 5.56 Å². The molecule has 134 valence electrons. The Balaban J connectivity index is 1.93. The molecule has 26 heavy (non-hydrogen) atoms. The van der Waals surface area contributed by atoms with E-state index in [9.17, 15) is 22.0 Å². The van der Waals surface area contributed by atoms with Crippen molar-refractivity contribution < 1.29 is 26.7 Å². The van der Waals surface area contributed by atoms with Crippen LogP contribution < -0.4 is 0 Å². The van der Waals surface area contributed by atoms with Crippen LogP contribution in [0.4, 0.5) is 22.0 Å². The monoisotopic (exact) mass is 364 g/mol. The van der Waals surface area contributed by atoms with Gasteiger partial charge in [0.2, 0.25) is 0 Å². The first-order valence-electron chi connectivity index (χ1n) is 7.81. The van der Waals surface area contributed by atoms with Gasteiger partial charge in [0.05, 0.1) is 11.8 Å². The van der Waals surface area contributed by atoms with E-state index in [2.05, 4.69) is 11.8 Å². The van der Waals surface area contributed by atoms with E-state index in [4.69, 9.17) is 4.74 Å². The third-order valence-corrected chi connectivity index (χ3v) is 3.93. The standard InChI is InChI=1S/C20H13F5O/c1-11-2-4-14(26-10-11)5-3-12-6-15(21)19(16(22)7-12)13-8-17(23)20(25)18(24)9-13/h6-10,14H,2,4H2,1H3. The van der Waals surface area contributed by atoms with Gasteiger partial charge < -0.3 is 4.74 Å². The summed E-state index contributed by atoms with van der Waals surface area (Å²) in [6, 6.07) is 2.98. The maximum absolute atomic E-state index is 14.3. The summed E-state index contributed by atoms with van der Waals surface area (Å²) in [4.78, 5) is 0. The lowest BCUT2D eigenvalue weighted by Crippen LogP contribution is -2.11. The minimum Gasteiger partial charge on any atom is -0.485 e. The van der Waals surface area contributed by atoms with Crippen LogP contribution in [0.3, 0.4) is 0 Å².